The van der Waals surface area contributed by atoms with Crippen molar-refractivity contribution in [3.63, 3.8) is 0 Å². The Balaban J connectivity index is 1.43. The summed E-state index contributed by atoms with van der Waals surface area (Å²) >= 11 is 1.41. The van der Waals surface area contributed by atoms with E-state index in [0.29, 0.717) is 42.1 Å². The molecule has 5 nitrogen and oxygen atoms in total. The predicted octanol–water partition coefficient (Wildman–Crippen LogP) is 2.59. The Kier molecular flexibility index (Phi) is 5.22. The first-order valence-corrected chi connectivity index (χ1v) is 10.0. The zero-order chi connectivity index (χ0) is 18.1. The van der Waals surface area contributed by atoms with Gasteiger partial charge >= 0.3 is 0 Å². The van der Waals surface area contributed by atoms with E-state index in [9.17, 15) is 13.6 Å². The summed E-state index contributed by atoms with van der Waals surface area (Å²) in [5.41, 5.74) is 0.327. The van der Waals surface area contributed by atoms with E-state index in [4.69, 9.17) is 4.74 Å². The van der Waals surface area contributed by atoms with Gasteiger partial charge in [0.25, 0.3) is 5.91 Å². The Morgan fingerprint density at radius 2 is 2.12 bits per heavy atom. The Hall–Kier alpha value is -1.54. The number of carbonyl (C=O) groups is 1. The molecular weight excluding hydrogens is 360 g/mol. The number of amidine groups is 1. The lowest BCUT2D eigenvalue weighted by molar-refractivity contribution is -0.119. The average molecular weight is 381 g/mol. The zero-order valence-corrected chi connectivity index (χ0v) is 15.1. The lowest BCUT2D eigenvalue weighted by Crippen LogP contribution is -2.40. The van der Waals surface area contributed by atoms with Gasteiger partial charge in [-0.25, -0.2) is 13.8 Å². The van der Waals surface area contributed by atoms with Crippen molar-refractivity contribution in [2.75, 3.05) is 25.4 Å². The third-order valence-electron chi connectivity index (χ3n) is 4.84. The summed E-state index contributed by atoms with van der Waals surface area (Å²) in [4.78, 5) is 20.5. The first-order chi connectivity index (χ1) is 12.6. The van der Waals surface area contributed by atoms with E-state index in [0.717, 1.165) is 25.8 Å². The molecule has 0 spiro atoms. The number of hydrogen-bond donors (Lipinski definition) is 1. The van der Waals surface area contributed by atoms with Crippen LogP contribution in [0.1, 0.15) is 19.3 Å². The maximum absolute atomic E-state index is 14.3. The van der Waals surface area contributed by atoms with E-state index < -0.39 is 23.8 Å². The first-order valence-electron chi connectivity index (χ1n) is 8.98. The summed E-state index contributed by atoms with van der Waals surface area (Å²) in [6.45, 7) is 1.69. The number of aliphatic imine (C=N–C) groups is 2. The van der Waals surface area contributed by atoms with Crippen LogP contribution >= 0.6 is 11.8 Å². The quantitative estimate of drug-likeness (QED) is 0.768. The van der Waals surface area contributed by atoms with Crippen LogP contribution in [0.3, 0.4) is 0 Å². The van der Waals surface area contributed by atoms with Gasteiger partial charge in [-0.1, -0.05) is 0 Å². The van der Waals surface area contributed by atoms with Gasteiger partial charge in [-0.05, 0) is 31.7 Å². The molecule has 0 aromatic rings. The van der Waals surface area contributed by atoms with Crippen molar-refractivity contribution in [1.82, 2.24) is 5.32 Å². The Labute approximate surface area is 155 Å². The van der Waals surface area contributed by atoms with Gasteiger partial charge in [0.05, 0.1) is 18.1 Å². The van der Waals surface area contributed by atoms with Gasteiger partial charge in [0.15, 0.2) is 0 Å². The van der Waals surface area contributed by atoms with Crippen LogP contribution in [0.25, 0.3) is 0 Å². The number of amides is 1. The molecule has 2 aliphatic heterocycles. The predicted molar refractivity (Wildman–Crippen MR) is 97.9 cm³/mol. The van der Waals surface area contributed by atoms with Crippen molar-refractivity contribution >= 4 is 29.2 Å². The minimum absolute atomic E-state index is 0.136. The summed E-state index contributed by atoms with van der Waals surface area (Å²) in [7, 11) is 0. The number of carbonyl (C=O) groups excluding carboxylic acids is 1. The van der Waals surface area contributed by atoms with E-state index in [2.05, 4.69) is 15.3 Å². The number of piperidine rings is 1. The number of nitrogens with one attached hydrogen (secondary N) is 1. The van der Waals surface area contributed by atoms with Crippen molar-refractivity contribution in [3.05, 3.63) is 23.7 Å². The molecular formula is C18H21F2N3O2S. The number of nitrogens with zero attached hydrogens (tertiary/aromatic N) is 2. The zero-order valence-electron chi connectivity index (χ0n) is 14.3. The third kappa shape index (κ3) is 4.06. The maximum atomic E-state index is 14.3. The van der Waals surface area contributed by atoms with Crippen LogP contribution in [0.2, 0.25) is 0 Å². The molecule has 2 heterocycles. The van der Waals surface area contributed by atoms with Crippen molar-refractivity contribution < 1.29 is 18.3 Å². The van der Waals surface area contributed by atoms with Crippen LogP contribution < -0.4 is 5.32 Å². The Morgan fingerprint density at radius 3 is 2.88 bits per heavy atom. The highest BCUT2D eigenvalue weighted by molar-refractivity contribution is 8.00. The maximum Gasteiger partial charge on any atom is 0.263 e. The molecule has 2 fully saturated rings. The van der Waals surface area contributed by atoms with Gasteiger partial charge in [0.2, 0.25) is 0 Å². The average Bonchev–Trinajstić information content (AvgIpc) is 3.43. The second-order valence-electron chi connectivity index (χ2n) is 7.02. The number of alkyl halides is 1. The van der Waals surface area contributed by atoms with Crippen LogP contribution in [0, 0.1) is 11.8 Å². The van der Waals surface area contributed by atoms with Gasteiger partial charge in [-0.2, -0.15) is 4.99 Å². The number of ether oxygens (including phenoxy) is 1. The summed E-state index contributed by atoms with van der Waals surface area (Å²) in [6.07, 6.45) is 4.95. The van der Waals surface area contributed by atoms with E-state index in [1.165, 1.54) is 17.8 Å². The van der Waals surface area contributed by atoms with Crippen molar-refractivity contribution in [3.8, 4) is 0 Å². The van der Waals surface area contributed by atoms with Crippen molar-refractivity contribution in [1.29, 1.82) is 0 Å². The molecule has 1 unspecified atom stereocenters. The Morgan fingerprint density at radius 1 is 1.27 bits per heavy atom. The molecule has 0 aromatic heterocycles. The molecule has 8 heteroatoms. The molecule has 1 amide bonds. The lowest BCUT2D eigenvalue weighted by Gasteiger charge is -2.26. The van der Waals surface area contributed by atoms with Crippen molar-refractivity contribution in [2.24, 2.45) is 21.8 Å². The van der Waals surface area contributed by atoms with Crippen LogP contribution in [-0.2, 0) is 9.53 Å². The normalized spacial score (nSPS) is 31.5. The molecule has 3 atom stereocenters. The summed E-state index contributed by atoms with van der Waals surface area (Å²) in [5.74, 6) is -0.599. The number of halogens is 2. The third-order valence-corrected chi connectivity index (χ3v) is 6.23. The fourth-order valence-electron chi connectivity index (χ4n) is 3.15. The van der Waals surface area contributed by atoms with Gasteiger partial charge in [-0.3, -0.25) is 4.79 Å². The fourth-order valence-corrected chi connectivity index (χ4v) is 4.23. The molecule has 140 valence electrons. The van der Waals surface area contributed by atoms with E-state index in [1.807, 2.05) is 0 Å². The molecule has 0 bridgehead atoms. The van der Waals surface area contributed by atoms with E-state index >= 15 is 0 Å². The van der Waals surface area contributed by atoms with Gasteiger partial charge in [0, 0.05) is 23.9 Å². The smallest absolute Gasteiger partial charge is 0.263 e. The van der Waals surface area contributed by atoms with Gasteiger partial charge in [0.1, 0.15) is 29.5 Å². The summed E-state index contributed by atoms with van der Waals surface area (Å²) < 4.78 is 33.8. The highest BCUT2D eigenvalue weighted by Crippen LogP contribution is 2.32. The monoisotopic (exact) mass is 381 g/mol. The summed E-state index contributed by atoms with van der Waals surface area (Å²) in [6, 6.07) is 0. The molecule has 1 saturated heterocycles. The Bertz CT molecular complexity index is 715. The number of thioether (sulfide) groups is 1. The van der Waals surface area contributed by atoms with Crippen LogP contribution in [0.4, 0.5) is 8.78 Å². The highest BCUT2D eigenvalue weighted by atomic mass is 32.2. The largest absolute Gasteiger partial charge is 0.493 e. The molecule has 2 aliphatic carbocycles. The fraction of sp³-hybridized carbons (Fsp3) is 0.611. The number of rotatable bonds is 6. The minimum Gasteiger partial charge on any atom is -0.493 e. The molecule has 26 heavy (non-hydrogen) atoms. The van der Waals surface area contributed by atoms with E-state index in [-0.39, 0.29) is 5.25 Å². The molecule has 4 rings (SSSR count). The highest BCUT2D eigenvalue weighted by Gasteiger charge is 2.35. The SMILES string of the molecule is O=C1N=C(CS[C@@H]2CCNC[C@H]2F)N=C2C=C(OCC3CC3)C=C(F)C12. The topological polar surface area (TPSA) is 63.0 Å². The number of hydrogen-bond acceptors (Lipinski definition) is 5. The van der Waals surface area contributed by atoms with Crippen LogP contribution in [-0.4, -0.2) is 54.3 Å². The van der Waals surface area contributed by atoms with Crippen LogP contribution in [0.15, 0.2) is 33.7 Å². The number of allylic oxidation sites excluding steroid dienone is 2. The first kappa shape index (κ1) is 17.9. The van der Waals surface area contributed by atoms with Gasteiger partial charge in [-0.15, -0.1) is 11.8 Å². The molecule has 0 radical (unpaired) electrons. The molecule has 1 N–H and O–H groups in total. The second-order valence-corrected chi connectivity index (χ2v) is 8.25. The molecule has 1 saturated carbocycles. The minimum atomic E-state index is -1.06. The summed E-state index contributed by atoms with van der Waals surface area (Å²) in [5, 5.41) is 2.87. The van der Waals surface area contributed by atoms with E-state index in [1.54, 1.807) is 6.08 Å². The second kappa shape index (κ2) is 7.60. The van der Waals surface area contributed by atoms with Crippen molar-refractivity contribution in [2.45, 2.75) is 30.7 Å². The lowest BCUT2D eigenvalue weighted by atomic mass is 9.94. The molecule has 0 aromatic carbocycles. The van der Waals surface area contributed by atoms with Gasteiger partial charge < -0.3 is 10.1 Å². The molecule has 4 aliphatic rings. The van der Waals surface area contributed by atoms with Crippen LogP contribution in [0.5, 0.6) is 0 Å². The standard InChI is InChI=1S/C18H21F2N3O2S/c19-12-5-11(25-8-10-1-2-10)6-14-17(12)18(24)23-16(22-14)9-26-15-3-4-21-7-13(15)20/h5-6,10,13,15,17,21H,1-4,7-9H2/t13-,15-,17?/m1/s1. The number of fused-ring (bicyclic) bond motifs is 1.